The van der Waals surface area contributed by atoms with E-state index in [1.807, 2.05) is 37.4 Å². The molecule has 0 spiro atoms. The van der Waals surface area contributed by atoms with E-state index < -0.39 is 6.10 Å². The minimum Gasteiger partial charge on any atom is -0.387 e. The number of hydrogen-bond donors (Lipinski definition) is 2. The number of hydrogen-bond acceptors (Lipinski definition) is 3. The van der Waals surface area contributed by atoms with Gasteiger partial charge in [0.25, 0.3) is 0 Å². The van der Waals surface area contributed by atoms with Crippen LogP contribution in [-0.2, 0) is 4.79 Å². The zero-order valence-electron chi connectivity index (χ0n) is 11.1. The molecule has 100 valence electrons. The quantitative estimate of drug-likeness (QED) is 0.714. The van der Waals surface area contributed by atoms with Gasteiger partial charge in [0.05, 0.1) is 6.10 Å². The molecule has 0 saturated carbocycles. The molecule has 1 atom stereocenters. The zero-order chi connectivity index (χ0) is 13.4. The minimum absolute atomic E-state index is 0.00183. The van der Waals surface area contributed by atoms with Gasteiger partial charge in [0.15, 0.2) is 0 Å². The summed E-state index contributed by atoms with van der Waals surface area (Å²) in [6.45, 7) is 3.65. The maximum absolute atomic E-state index is 10.7. The van der Waals surface area contributed by atoms with Crippen LogP contribution < -0.4 is 5.32 Å². The lowest BCUT2D eigenvalue weighted by Crippen LogP contribution is -2.29. The van der Waals surface area contributed by atoms with Crippen LogP contribution in [0.5, 0.6) is 0 Å². The molecule has 1 amide bonds. The van der Waals surface area contributed by atoms with Crippen molar-refractivity contribution in [2.45, 2.75) is 19.4 Å². The second kappa shape index (κ2) is 7.84. The van der Waals surface area contributed by atoms with Gasteiger partial charge < -0.3 is 15.3 Å². The van der Waals surface area contributed by atoms with Gasteiger partial charge in [-0.25, -0.2) is 0 Å². The van der Waals surface area contributed by atoms with Gasteiger partial charge in [0.2, 0.25) is 5.91 Å². The van der Waals surface area contributed by atoms with Crippen LogP contribution >= 0.6 is 0 Å². The first-order valence-electron chi connectivity index (χ1n) is 6.25. The van der Waals surface area contributed by atoms with Crippen LogP contribution in [0.15, 0.2) is 30.3 Å². The van der Waals surface area contributed by atoms with E-state index >= 15 is 0 Å². The fourth-order valence-corrected chi connectivity index (χ4v) is 1.78. The summed E-state index contributed by atoms with van der Waals surface area (Å²) in [5, 5.41) is 12.8. The summed E-state index contributed by atoms with van der Waals surface area (Å²) in [5.74, 6) is 0.00183. The Balaban J connectivity index is 2.23. The Kier molecular flexibility index (Phi) is 6.39. The molecule has 0 aliphatic rings. The van der Waals surface area contributed by atoms with Crippen molar-refractivity contribution < 1.29 is 9.90 Å². The molecule has 1 aromatic carbocycles. The van der Waals surface area contributed by atoms with E-state index in [9.17, 15) is 9.90 Å². The Hall–Kier alpha value is -1.39. The van der Waals surface area contributed by atoms with Gasteiger partial charge in [-0.15, -0.1) is 0 Å². The van der Waals surface area contributed by atoms with Crippen LogP contribution in [0.1, 0.15) is 25.0 Å². The summed E-state index contributed by atoms with van der Waals surface area (Å²) in [5.41, 5.74) is 0.936. The maximum Gasteiger partial charge on any atom is 0.216 e. The summed E-state index contributed by atoms with van der Waals surface area (Å²) in [6.07, 6.45) is 0.425. The third-order valence-electron chi connectivity index (χ3n) is 2.76. The fourth-order valence-electron chi connectivity index (χ4n) is 1.78. The average Bonchev–Trinajstić information content (AvgIpc) is 2.35. The summed E-state index contributed by atoms with van der Waals surface area (Å²) >= 11 is 0. The highest BCUT2D eigenvalue weighted by atomic mass is 16.3. The van der Waals surface area contributed by atoms with Crippen molar-refractivity contribution in [1.82, 2.24) is 10.2 Å². The normalized spacial score (nSPS) is 12.4. The van der Waals surface area contributed by atoms with E-state index in [4.69, 9.17) is 0 Å². The first-order valence-corrected chi connectivity index (χ1v) is 6.25. The highest BCUT2D eigenvalue weighted by molar-refractivity contribution is 5.72. The van der Waals surface area contributed by atoms with E-state index in [0.717, 1.165) is 18.5 Å². The van der Waals surface area contributed by atoms with Gasteiger partial charge >= 0.3 is 0 Å². The Labute approximate surface area is 109 Å². The first-order chi connectivity index (χ1) is 8.59. The summed E-state index contributed by atoms with van der Waals surface area (Å²) in [6, 6.07) is 9.64. The number of rotatable bonds is 7. The summed E-state index contributed by atoms with van der Waals surface area (Å²) in [7, 11) is 1.97. The van der Waals surface area contributed by atoms with E-state index in [0.29, 0.717) is 13.1 Å². The molecule has 18 heavy (non-hydrogen) atoms. The third kappa shape index (κ3) is 5.80. The van der Waals surface area contributed by atoms with Crippen molar-refractivity contribution in [2.24, 2.45) is 0 Å². The zero-order valence-corrected chi connectivity index (χ0v) is 11.1. The lowest BCUT2D eigenvalue weighted by atomic mass is 10.1. The van der Waals surface area contributed by atoms with Crippen LogP contribution in [-0.4, -0.2) is 42.6 Å². The fraction of sp³-hybridized carbons (Fsp3) is 0.500. The van der Waals surface area contributed by atoms with Crippen LogP contribution in [0, 0.1) is 0 Å². The number of likely N-dealkylation sites (N-methyl/N-ethyl adjacent to an activating group) is 1. The lowest BCUT2D eigenvalue weighted by Gasteiger charge is -2.20. The van der Waals surface area contributed by atoms with E-state index in [1.165, 1.54) is 6.92 Å². The summed E-state index contributed by atoms with van der Waals surface area (Å²) in [4.78, 5) is 12.8. The van der Waals surface area contributed by atoms with Gasteiger partial charge in [-0.05, 0) is 25.6 Å². The highest BCUT2D eigenvalue weighted by Crippen LogP contribution is 2.12. The first kappa shape index (κ1) is 14.7. The van der Waals surface area contributed by atoms with Crippen molar-refractivity contribution in [3.8, 4) is 0 Å². The van der Waals surface area contributed by atoms with Crippen LogP contribution in [0.4, 0.5) is 0 Å². The lowest BCUT2D eigenvalue weighted by molar-refractivity contribution is -0.118. The molecule has 4 heteroatoms. The molecule has 2 N–H and O–H groups in total. The number of aliphatic hydroxyl groups is 1. The molecule has 0 aliphatic carbocycles. The molecular formula is C14H22N2O2. The second-order valence-electron chi connectivity index (χ2n) is 4.53. The maximum atomic E-state index is 10.7. The van der Waals surface area contributed by atoms with Gasteiger partial charge in [-0.2, -0.15) is 0 Å². The molecule has 1 unspecified atom stereocenters. The Morgan fingerprint density at radius 2 is 2.06 bits per heavy atom. The second-order valence-corrected chi connectivity index (χ2v) is 4.53. The largest absolute Gasteiger partial charge is 0.387 e. The molecule has 0 radical (unpaired) electrons. The molecule has 0 heterocycles. The number of amides is 1. The number of nitrogens with one attached hydrogen (secondary N) is 1. The molecule has 0 aliphatic heterocycles. The van der Waals surface area contributed by atoms with Gasteiger partial charge in [-0.1, -0.05) is 30.3 Å². The van der Waals surface area contributed by atoms with E-state index in [-0.39, 0.29) is 5.91 Å². The molecule has 0 saturated heterocycles. The molecule has 4 nitrogen and oxygen atoms in total. The number of nitrogens with zero attached hydrogens (tertiary/aromatic N) is 1. The standard InChI is InChI=1S/C14H22N2O2/c1-12(17)15-9-6-10-16(2)11-14(18)13-7-4-3-5-8-13/h3-5,7-8,14,18H,6,9-11H2,1-2H3,(H,15,17). The molecule has 0 fully saturated rings. The Morgan fingerprint density at radius 1 is 1.39 bits per heavy atom. The van der Waals surface area contributed by atoms with Gasteiger partial charge in [0, 0.05) is 20.0 Å². The molecular weight excluding hydrogens is 228 g/mol. The van der Waals surface area contributed by atoms with Crippen molar-refractivity contribution >= 4 is 5.91 Å². The van der Waals surface area contributed by atoms with Crippen LogP contribution in [0.25, 0.3) is 0 Å². The van der Waals surface area contributed by atoms with Crippen LogP contribution in [0.3, 0.4) is 0 Å². The van der Waals surface area contributed by atoms with Crippen molar-refractivity contribution in [1.29, 1.82) is 0 Å². The smallest absolute Gasteiger partial charge is 0.216 e. The number of carbonyl (C=O) groups is 1. The predicted molar refractivity (Wildman–Crippen MR) is 72.2 cm³/mol. The van der Waals surface area contributed by atoms with E-state index in [1.54, 1.807) is 0 Å². The SMILES string of the molecule is CC(=O)NCCCN(C)CC(O)c1ccccc1. The molecule has 1 aromatic rings. The van der Waals surface area contributed by atoms with E-state index in [2.05, 4.69) is 10.2 Å². The topological polar surface area (TPSA) is 52.6 Å². The highest BCUT2D eigenvalue weighted by Gasteiger charge is 2.09. The summed E-state index contributed by atoms with van der Waals surface area (Å²) < 4.78 is 0. The average molecular weight is 250 g/mol. The Morgan fingerprint density at radius 3 is 2.67 bits per heavy atom. The van der Waals surface area contributed by atoms with Crippen molar-refractivity contribution in [3.63, 3.8) is 0 Å². The third-order valence-corrected chi connectivity index (χ3v) is 2.76. The Bertz CT molecular complexity index is 354. The number of benzene rings is 1. The number of carbonyl (C=O) groups excluding carboxylic acids is 1. The van der Waals surface area contributed by atoms with Crippen LogP contribution in [0.2, 0.25) is 0 Å². The van der Waals surface area contributed by atoms with Crippen molar-refractivity contribution in [2.75, 3.05) is 26.7 Å². The van der Waals surface area contributed by atoms with Gasteiger partial charge in [-0.3, -0.25) is 4.79 Å². The van der Waals surface area contributed by atoms with Crippen molar-refractivity contribution in [3.05, 3.63) is 35.9 Å². The minimum atomic E-state index is -0.461. The number of aliphatic hydroxyl groups excluding tert-OH is 1. The monoisotopic (exact) mass is 250 g/mol. The molecule has 0 aromatic heterocycles. The predicted octanol–water partition coefficient (Wildman–Crippen LogP) is 1.18. The van der Waals surface area contributed by atoms with Gasteiger partial charge in [0.1, 0.15) is 0 Å². The molecule has 0 bridgehead atoms. The molecule has 1 rings (SSSR count).